The number of rotatable bonds is 5. The highest BCUT2D eigenvalue weighted by molar-refractivity contribution is 5.94. The normalized spacial score (nSPS) is 19.1. The van der Waals surface area contributed by atoms with Crippen LogP contribution >= 0.6 is 0 Å². The summed E-state index contributed by atoms with van der Waals surface area (Å²) in [5.74, 6) is -0.0333. The van der Waals surface area contributed by atoms with E-state index in [9.17, 15) is 9.59 Å². The van der Waals surface area contributed by atoms with E-state index in [2.05, 4.69) is 21.3 Å². The molecule has 27 heavy (non-hydrogen) atoms. The molecule has 0 radical (unpaired) electrons. The standard InChI is InChI=1S/C21H26N4O2/c1-24-11-3-7-18(24)19-8-4-12-25(19)21(27)22-14-15-5-2-6-16(13-15)20(26)23-17-9-10-17/h2-3,5-7,11,13,17,19H,4,8-10,12,14H2,1H3,(H,22,27)(H,23,26)/t19-/m0/s1. The zero-order valence-electron chi connectivity index (χ0n) is 15.6. The van der Waals surface area contributed by atoms with Gasteiger partial charge in [-0.05, 0) is 55.5 Å². The summed E-state index contributed by atoms with van der Waals surface area (Å²) in [4.78, 5) is 26.8. The molecule has 6 heteroatoms. The first-order valence-corrected chi connectivity index (χ1v) is 9.67. The Hall–Kier alpha value is -2.76. The number of aryl methyl sites for hydroxylation is 1. The van der Waals surface area contributed by atoms with Crippen LogP contribution in [0.15, 0.2) is 42.6 Å². The number of carbonyl (C=O) groups excluding carboxylic acids is 2. The largest absolute Gasteiger partial charge is 0.353 e. The van der Waals surface area contributed by atoms with Crippen molar-refractivity contribution in [1.29, 1.82) is 0 Å². The Kier molecular flexibility index (Phi) is 4.88. The van der Waals surface area contributed by atoms with E-state index in [1.165, 1.54) is 5.69 Å². The van der Waals surface area contributed by atoms with Crippen molar-refractivity contribution in [2.75, 3.05) is 6.54 Å². The molecular formula is C21H26N4O2. The zero-order valence-corrected chi connectivity index (χ0v) is 15.6. The van der Waals surface area contributed by atoms with E-state index in [-0.39, 0.29) is 18.0 Å². The fourth-order valence-corrected chi connectivity index (χ4v) is 3.74. The second kappa shape index (κ2) is 7.47. The summed E-state index contributed by atoms with van der Waals surface area (Å²) in [6, 6.07) is 12.0. The van der Waals surface area contributed by atoms with E-state index in [0.29, 0.717) is 18.2 Å². The van der Waals surface area contributed by atoms with E-state index >= 15 is 0 Å². The molecule has 6 nitrogen and oxygen atoms in total. The molecule has 1 saturated heterocycles. The van der Waals surface area contributed by atoms with Crippen molar-refractivity contribution in [2.24, 2.45) is 7.05 Å². The number of amides is 3. The van der Waals surface area contributed by atoms with Gasteiger partial charge in [0.05, 0.1) is 6.04 Å². The van der Waals surface area contributed by atoms with Gasteiger partial charge in [0.1, 0.15) is 0 Å². The number of hydrogen-bond donors (Lipinski definition) is 2. The van der Waals surface area contributed by atoms with Crippen LogP contribution in [-0.4, -0.2) is 34.0 Å². The molecule has 1 aliphatic heterocycles. The lowest BCUT2D eigenvalue weighted by atomic mass is 10.1. The minimum absolute atomic E-state index is 0.0333. The lowest BCUT2D eigenvalue weighted by Crippen LogP contribution is -2.39. The van der Waals surface area contributed by atoms with Crippen molar-refractivity contribution in [3.63, 3.8) is 0 Å². The fourth-order valence-electron chi connectivity index (χ4n) is 3.74. The number of urea groups is 1. The van der Waals surface area contributed by atoms with Crippen LogP contribution in [0.4, 0.5) is 4.79 Å². The molecule has 2 heterocycles. The molecule has 2 fully saturated rings. The van der Waals surface area contributed by atoms with E-state index in [1.54, 1.807) is 0 Å². The highest BCUT2D eigenvalue weighted by Crippen LogP contribution is 2.31. The first-order chi connectivity index (χ1) is 13.1. The minimum Gasteiger partial charge on any atom is -0.353 e. The Morgan fingerprint density at radius 2 is 2.00 bits per heavy atom. The van der Waals surface area contributed by atoms with Gasteiger partial charge in [-0.25, -0.2) is 4.79 Å². The predicted molar refractivity (Wildman–Crippen MR) is 103 cm³/mol. The van der Waals surface area contributed by atoms with Crippen molar-refractivity contribution in [2.45, 2.75) is 44.3 Å². The Balaban J connectivity index is 1.37. The Bertz CT molecular complexity index is 840. The molecule has 4 rings (SSSR count). The van der Waals surface area contributed by atoms with Crippen molar-refractivity contribution in [3.8, 4) is 0 Å². The van der Waals surface area contributed by atoms with Gasteiger partial charge in [-0.2, -0.15) is 0 Å². The molecule has 2 aliphatic rings. The maximum absolute atomic E-state index is 12.7. The summed E-state index contributed by atoms with van der Waals surface area (Å²) in [5, 5.41) is 6.01. The summed E-state index contributed by atoms with van der Waals surface area (Å²) >= 11 is 0. The van der Waals surface area contributed by atoms with E-state index < -0.39 is 0 Å². The number of aromatic nitrogens is 1. The molecule has 2 aromatic rings. The number of carbonyl (C=O) groups is 2. The first kappa shape index (κ1) is 17.6. The Morgan fingerprint density at radius 3 is 2.74 bits per heavy atom. The third-order valence-corrected chi connectivity index (χ3v) is 5.38. The average Bonchev–Trinajstić information content (AvgIpc) is 3.17. The van der Waals surface area contributed by atoms with Crippen molar-refractivity contribution < 1.29 is 9.59 Å². The topological polar surface area (TPSA) is 66.4 Å². The lowest BCUT2D eigenvalue weighted by Gasteiger charge is -2.25. The van der Waals surface area contributed by atoms with E-state index in [4.69, 9.17) is 0 Å². The monoisotopic (exact) mass is 366 g/mol. The van der Waals surface area contributed by atoms with Gasteiger partial charge < -0.3 is 20.1 Å². The van der Waals surface area contributed by atoms with Crippen LogP contribution in [0.5, 0.6) is 0 Å². The van der Waals surface area contributed by atoms with Gasteiger partial charge in [0.15, 0.2) is 0 Å². The highest BCUT2D eigenvalue weighted by Gasteiger charge is 2.31. The van der Waals surface area contributed by atoms with Crippen LogP contribution in [0.3, 0.4) is 0 Å². The third kappa shape index (κ3) is 3.99. The fraction of sp³-hybridized carbons (Fsp3) is 0.429. The maximum Gasteiger partial charge on any atom is 0.318 e. The van der Waals surface area contributed by atoms with Crippen LogP contribution in [-0.2, 0) is 13.6 Å². The molecule has 1 atom stereocenters. The lowest BCUT2D eigenvalue weighted by molar-refractivity contribution is 0.0951. The molecule has 2 N–H and O–H groups in total. The maximum atomic E-state index is 12.7. The van der Waals surface area contributed by atoms with Gasteiger partial charge >= 0.3 is 6.03 Å². The Morgan fingerprint density at radius 1 is 1.15 bits per heavy atom. The number of benzene rings is 1. The SMILES string of the molecule is Cn1cccc1[C@@H]1CCCN1C(=O)NCc1cccc(C(=O)NC2CC2)c1. The Labute approximate surface area is 159 Å². The van der Waals surface area contributed by atoms with Gasteiger partial charge in [0, 0.05) is 43.6 Å². The van der Waals surface area contributed by atoms with Gasteiger partial charge in [-0.15, -0.1) is 0 Å². The summed E-state index contributed by atoms with van der Waals surface area (Å²) < 4.78 is 2.08. The third-order valence-electron chi connectivity index (χ3n) is 5.38. The second-order valence-electron chi connectivity index (χ2n) is 7.50. The van der Waals surface area contributed by atoms with Crippen molar-refractivity contribution in [3.05, 3.63) is 59.4 Å². The molecule has 1 aromatic carbocycles. The van der Waals surface area contributed by atoms with E-state index in [1.807, 2.05) is 48.5 Å². The highest BCUT2D eigenvalue weighted by atomic mass is 16.2. The number of nitrogens with one attached hydrogen (secondary N) is 2. The summed E-state index contributed by atoms with van der Waals surface area (Å²) in [5.41, 5.74) is 2.75. The molecule has 3 amide bonds. The smallest absolute Gasteiger partial charge is 0.318 e. The first-order valence-electron chi connectivity index (χ1n) is 9.67. The number of nitrogens with zero attached hydrogens (tertiary/aromatic N) is 2. The van der Waals surface area contributed by atoms with Gasteiger partial charge in [-0.3, -0.25) is 4.79 Å². The molecule has 0 unspecified atom stereocenters. The van der Waals surface area contributed by atoms with Gasteiger partial charge in [0.2, 0.25) is 0 Å². The van der Waals surface area contributed by atoms with Crippen LogP contribution in [0.25, 0.3) is 0 Å². The number of hydrogen-bond acceptors (Lipinski definition) is 2. The summed E-state index contributed by atoms with van der Waals surface area (Å²) in [7, 11) is 2.02. The van der Waals surface area contributed by atoms with E-state index in [0.717, 1.165) is 37.8 Å². The number of likely N-dealkylation sites (tertiary alicyclic amines) is 1. The summed E-state index contributed by atoms with van der Waals surface area (Å²) in [6.07, 6.45) is 6.16. The average molecular weight is 366 g/mol. The van der Waals surface area contributed by atoms with Crippen LogP contribution in [0, 0.1) is 0 Å². The van der Waals surface area contributed by atoms with Crippen molar-refractivity contribution >= 4 is 11.9 Å². The van der Waals surface area contributed by atoms with Gasteiger partial charge in [0.25, 0.3) is 5.91 Å². The van der Waals surface area contributed by atoms with Crippen LogP contribution < -0.4 is 10.6 Å². The van der Waals surface area contributed by atoms with Crippen molar-refractivity contribution in [1.82, 2.24) is 20.1 Å². The molecule has 142 valence electrons. The van der Waals surface area contributed by atoms with Crippen LogP contribution in [0.1, 0.15) is 53.3 Å². The molecule has 0 bridgehead atoms. The molecule has 1 aromatic heterocycles. The quantitative estimate of drug-likeness (QED) is 0.854. The minimum atomic E-state index is -0.0495. The van der Waals surface area contributed by atoms with Crippen LogP contribution in [0.2, 0.25) is 0 Å². The molecule has 0 spiro atoms. The van der Waals surface area contributed by atoms with Gasteiger partial charge in [-0.1, -0.05) is 12.1 Å². The molecular weight excluding hydrogens is 340 g/mol. The second-order valence-corrected chi connectivity index (χ2v) is 7.50. The molecule has 1 saturated carbocycles. The molecule has 1 aliphatic carbocycles. The predicted octanol–water partition coefficient (Wildman–Crippen LogP) is 2.96. The summed E-state index contributed by atoms with van der Waals surface area (Å²) in [6.45, 7) is 1.19. The zero-order chi connectivity index (χ0) is 18.8.